The van der Waals surface area contributed by atoms with E-state index in [0.717, 1.165) is 0 Å². The predicted molar refractivity (Wildman–Crippen MR) is 78.2 cm³/mol. The molecule has 5 nitrogen and oxygen atoms in total. The largest absolute Gasteiger partial charge is 0.451 e. The molecule has 1 aromatic carbocycles. The number of β-amino-alcohol motifs (C(OH)–C–C–N with tert-alkyl or cyclic N) is 1. The van der Waals surface area contributed by atoms with Crippen molar-refractivity contribution in [1.82, 2.24) is 4.90 Å². The Morgan fingerprint density at radius 3 is 2.67 bits per heavy atom. The van der Waals surface area contributed by atoms with E-state index in [1.165, 1.54) is 11.0 Å². The lowest BCUT2D eigenvalue weighted by atomic mass is 9.83. The predicted octanol–water partition coefficient (Wildman–Crippen LogP) is 1.64. The van der Waals surface area contributed by atoms with Gasteiger partial charge in [0.15, 0.2) is 11.2 Å². The van der Waals surface area contributed by atoms with E-state index in [9.17, 15) is 14.7 Å². The van der Waals surface area contributed by atoms with Crippen molar-refractivity contribution in [3.8, 4) is 0 Å². The lowest BCUT2D eigenvalue weighted by Crippen LogP contribution is -2.66. The van der Waals surface area contributed by atoms with Gasteiger partial charge in [-0.25, -0.2) is 0 Å². The van der Waals surface area contributed by atoms with E-state index in [0.29, 0.717) is 11.0 Å². The van der Waals surface area contributed by atoms with Crippen LogP contribution < -0.4 is 5.43 Å². The molecule has 1 aromatic heterocycles. The van der Waals surface area contributed by atoms with Crippen molar-refractivity contribution in [3.63, 3.8) is 0 Å². The third kappa shape index (κ3) is 2.23. The number of nitrogens with zero attached hydrogens (tertiary/aromatic N) is 1. The molecule has 0 atom stereocenters. The quantitative estimate of drug-likeness (QED) is 0.911. The molecule has 5 heteroatoms. The number of amides is 1. The van der Waals surface area contributed by atoms with Crippen molar-refractivity contribution in [2.75, 3.05) is 13.1 Å². The number of para-hydroxylation sites is 1. The van der Waals surface area contributed by atoms with Crippen LogP contribution in [0.25, 0.3) is 11.0 Å². The molecule has 21 heavy (non-hydrogen) atoms. The Hall–Kier alpha value is -2.14. The van der Waals surface area contributed by atoms with Crippen molar-refractivity contribution in [1.29, 1.82) is 0 Å². The van der Waals surface area contributed by atoms with Gasteiger partial charge in [0, 0.05) is 6.07 Å². The smallest absolute Gasteiger partial charge is 0.289 e. The van der Waals surface area contributed by atoms with Gasteiger partial charge in [-0.1, -0.05) is 26.0 Å². The van der Waals surface area contributed by atoms with Gasteiger partial charge in [-0.15, -0.1) is 0 Å². The number of hydrogen-bond acceptors (Lipinski definition) is 4. The zero-order valence-corrected chi connectivity index (χ0v) is 12.0. The molecule has 0 spiro atoms. The maximum Gasteiger partial charge on any atom is 0.289 e. The Balaban J connectivity index is 1.89. The highest BCUT2D eigenvalue weighted by Gasteiger charge is 2.46. The summed E-state index contributed by atoms with van der Waals surface area (Å²) < 4.78 is 5.52. The summed E-state index contributed by atoms with van der Waals surface area (Å²) in [6, 6.07) is 8.04. The fraction of sp³-hybridized carbons (Fsp3) is 0.375. The number of fused-ring (bicyclic) bond motifs is 1. The molecule has 0 unspecified atom stereocenters. The van der Waals surface area contributed by atoms with Crippen LogP contribution in [0.3, 0.4) is 0 Å². The van der Waals surface area contributed by atoms with Crippen molar-refractivity contribution < 1.29 is 14.3 Å². The maximum absolute atomic E-state index is 12.3. The Labute approximate surface area is 121 Å². The molecular weight excluding hydrogens is 270 g/mol. The van der Waals surface area contributed by atoms with Crippen molar-refractivity contribution >= 4 is 16.9 Å². The molecule has 1 aliphatic rings. The summed E-state index contributed by atoms with van der Waals surface area (Å²) in [5.41, 5.74) is -0.680. The van der Waals surface area contributed by atoms with E-state index in [-0.39, 0.29) is 36.1 Å². The van der Waals surface area contributed by atoms with Gasteiger partial charge in [-0.05, 0) is 18.1 Å². The number of carbonyl (C=O) groups excluding carboxylic acids is 1. The first-order chi connectivity index (χ1) is 9.90. The monoisotopic (exact) mass is 287 g/mol. The third-order valence-electron chi connectivity index (χ3n) is 4.14. The molecule has 1 amide bonds. The summed E-state index contributed by atoms with van der Waals surface area (Å²) in [6.45, 7) is 4.36. The normalized spacial score (nSPS) is 17.0. The lowest BCUT2D eigenvalue weighted by Gasteiger charge is -2.48. The van der Waals surface area contributed by atoms with Gasteiger partial charge in [-0.3, -0.25) is 9.59 Å². The van der Waals surface area contributed by atoms with Gasteiger partial charge < -0.3 is 14.4 Å². The molecule has 1 N–H and O–H groups in total. The average Bonchev–Trinajstić information content (AvgIpc) is 2.43. The number of hydrogen-bond donors (Lipinski definition) is 1. The lowest BCUT2D eigenvalue weighted by molar-refractivity contribution is -0.111. The van der Waals surface area contributed by atoms with Gasteiger partial charge in [0.25, 0.3) is 5.91 Å². The molecular formula is C16H17NO4. The van der Waals surface area contributed by atoms with Crippen LogP contribution in [0.15, 0.2) is 39.5 Å². The number of aliphatic hydroxyl groups is 1. The molecule has 3 rings (SSSR count). The van der Waals surface area contributed by atoms with Crippen LogP contribution in [0.5, 0.6) is 0 Å². The first-order valence-corrected chi connectivity index (χ1v) is 6.95. The second-order valence-corrected chi connectivity index (χ2v) is 5.89. The zero-order chi connectivity index (χ0) is 15.2. The van der Waals surface area contributed by atoms with Gasteiger partial charge in [0.05, 0.1) is 18.5 Å². The Kier molecular flexibility index (Phi) is 3.10. The molecule has 1 fully saturated rings. The van der Waals surface area contributed by atoms with Gasteiger partial charge in [-0.2, -0.15) is 0 Å². The Morgan fingerprint density at radius 2 is 2.00 bits per heavy atom. The minimum Gasteiger partial charge on any atom is -0.451 e. The maximum atomic E-state index is 12.3. The van der Waals surface area contributed by atoms with Gasteiger partial charge in [0.2, 0.25) is 0 Å². The molecule has 0 aliphatic carbocycles. The van der Waals surface area contributed by atoms with E-state index in [4.69, 9.17) is 4.42 Å². The second-order valence-electron chi connectivity index (χ2n) is 5.89. The van der Waals surface area contributed by atoms with Gasteiger partial charge >= 0.3 is 0 Å². The van der Waals surface area contributed by atoms with Gasteiger partial charge in [0.1, 0.15) is 11.2 Å². The van der Waals surface area contributed by atoms with Crippen molar-refractivity contribution in [3.05, 3.63) is 46.3 Å². The molecule has 2 aromatic rings. The summed E-state index contributed by atoms with van der Waals surface area (Å²) >= 11 is 0. The summed E-state index contributed by atoms with van der Waals surface area (Å²) in [7, 11) is 0. The van der Waals surface area contributed by atoms with Crippen molar-refractivity contribution in [2.24, 2.45) is 5.92 Å². The number of rotatable bonds is 2. The Bertz CT molecular complexity index is 756. The van der Waals surface area contributed by atoms with Crippen molar-refractivity contribution in [2.45, 2.75) is 19.4 Å². The van der Waals surface area contributed by atoms with Crippen LogP contribution >= 0.6 is 0 Å². The van der Waals surface area contributed by atoms with Crippen LogP contribution in [0.2, 0.25) is 0 Å². The van der Waals surface area contributed by atoms with Crippen LogP contribution in [-0.2, 0) is 0 Å². The number of benzene rings is 1. The molecule has 0 saturated carbocycles. The van der Waals surface area contributed by atoms with E-state index >= 15 is 0 Å². The van der Waals surface area contributed by atoms with Crippen LogP contribution in [0.1, 0.15) is 24.4 Å². The summed E-state index contributed by atoms with van der Waals surface area (Å²) in [6.07, 6.45) is 0. The Morgan fingerprint density at radius 1 is 1.33 bits per heavy atom. The van der Waals surface area contributed by atoms with Crippen LogP contribution in [0.4, 0.5) is 0 Å². The molecule has 1 saturated heterocycles. The highest BCUT2D eigenvalue weighted by atomic mass is 16.3. The van der Waals surface area contributed by atoms with E-state index in [1.54, 1.807) is 24.3 Å². The van der Waals surface area contributed by atoms with Crippen LogP contribution in [-0.4, -0.2) is 34.6 Å². The van der Waals surface area contributed by atoms with Crippen LogP contribution in [0, 0.1) is 5.92 Å². The molecule has 0 radical (unpaired) electrons. The standard InChI is InChI=1S/C16H17NO4/c1-10(2)16(20)8-17(9-16)15(19)14-7-12(18)11-5-3-4-6-13(11)21-14/h3-7,10,20H,8-9H2,1-2H3. The summed E-state index contributed by atoms with van der Waals surface area (Å²) in [4.78, 5) is 25.8. The SMILES string of the molecule is CC(C)C1(O)CN(C(=O)c2cc(=O)c3ccccc3o2)C1. The van der Waals surface area contributed by atoms with E-state index < -0.39 is 5.60 Å². The number of likely N-dealkylation sites (tertiary alicyclic amines) is 1. The molecule has 2 heterocycles. The topological polar surface area (TPSA) is 70.8 Å². The highest BCUT2D eigenvalue weighted by molar-refractivity contribution is 5.93. The second kappa shape index (κ2) is 4.70. The average molecular weight is 287 g/mol. The number of carbonyl (C=O) groups is 1. The first-order valence-electron chi connectivity index (χ1n) is 6.95. The summed E-state index contributed by atoms with van der Waals surface area (Å²) in [5, 5.41) is 10.6. The fourth-order valence-electron chi connectivity index (χ4n) is 2.49. The van der Waals surface area contributed by atoms with E-state index in [2.05, 4.69) is 0 Å². The minimum atomic E-state index is -0.840. The molecule has 1 aliphatic heterocycles. The minimum absolute atomic E-state index is 0.0181. The summed E-state index contributed by atoms with van der Waals surface area (Å²) in [5.74, 6) is -0.266. The third-order valence-corrected chi connectivity index (χ3v) is 4.14. The fourth-order valence-corrected chi connectivity index (χ4v) is 2.49. The van der Waals surface area contributed by atoms with E-state index in [1.807, 2.05) is 13.8 Å². The molecule has 110 valence electrons. The first kappa shape index (κ1) is 13.8. The zero-order valence-electron chi connectivity index (χ0n) is 12.0. The highest BCUT2D eigenvalue weighted by Crippen LogP contribution is 2.29. The molecule has 0 bridgehead atoms.